The molecule has 2 aliphatic heterocycles. The van der Waals surface area contributed by atoms with Crippen molar-refractivity contribution in [2.75, 3.05) is 54.9 Å². The number of hydrogen-bond donors (Lipinski definition) is 2. The highest BCUT2D eigenvalue weighted by Crippen LogP contribution is 2.30. The predicted molar refractivity (Wildman–Crippen MR) is 106 cm³/mol. The van der Waals surface area contributed by atoms with Crippen molar-refractivity contribution in [2.24, 2.45) is 0 Å². The Morgan fingerprint density at radius 1 is 0.963 bits per heavy atom. The molecule has 0 spiro atoms. The van der Waals surface area contributed by atoms with Crippen LogP contribution in [0.25, 0.3) is 0 Å². The zero-order chi connectivity index (χ0) is 18.7. The minimum absolute atomic E-state index is 0.291. The van der Waals surface area contributed by atoms with Gasteiger partial charge < -0.3 is 25.4 Å². The Morgan fingerprint density at radius 3 is 2.19 bits per heavy atom. The lowest BCUT2D eigenvalue weighted by molar-refractivity contribution is 0.0164. The number of nitrogens with two attached hydrogens (primary N) is 1. The SMILES string of the molecule is Nc1nc(N2CCOCC2)cc(N2CCC(O)(Cc3ccccc3)CC2)n1. The van der Waals surface area contributed by atoms with Crippen molar-refractivity contribution >= 4 is 17.6 Å². The van der Waals surface area contributed by atoms with Gasteiger partial charge in [-0.25, -0.2) is 0 Å². The van der Waals surface area contributed by atoms with Gasteiger partial charge in [-0.2, -0.15) is 9.97 Å². The number of nitrogen functional groups attached to an aromatic ring is 1. The van der Waals surface area contributed by atoms with Crippen molar-refractivity contribution in [3.05, 3.63) is 42.0 Å². The molecule has 0 atom stereocenters. The first-order chi connectivity index (χ1) is 13.1. The van der Waals surface area contributed by atoms with Gasteiger partial charge in [-0.05, 0) is 18.4 Å². The summed E-state index contributed by atoms with van der Waals surface area (Å²) in [6.45, 7) is 4.54. The zero-order valence-corrected chi connectivity index (χ0v) is 15.5. The van der Waals surface area contributed by atoms with Gasteiger partial charge >= 0.3 is 0 Å². The molecule has 27 heavy (non-hydrogen) atoms. The van der Waals surface area contributed by atoms with Gasteiger partial charge in [0.15, 0.2) is 0 Å². The maximum absolute atomic E-state index is 11.0. The summed E-state index contributed by atoms with van der Waals surface area (Å²) in [5, 5.41) is 11.0. The third-order valence-corrected chi connectivity index (χ3v) is 5.45. The molecule has 0 unspecified atom stereocenters. The second kappa shape index (κ2) is 7.70. The minimum Gasteiger partial charge on any atom is -0.389 e. The molecule has 2 aromatic rings. The summed E-state index contributed by atoms with van der Waals surface area (Å²) in [4.78, 5) is 13.2. The highest BCUT2D eigenvalue weighted by molar-refractivity contribution is 5.54. The van der Waals surface area contributed by atoms with Gasteiger partial charge in [0.25, 0.3) is 0 Å². The standard InChI is InChI=1S/C20H27N5O2/c21-19-22-17(14-18(23-19)25-10-12-27-13-11-25)24-8-6-20(26,7-9-24)15-16-4-2-1-3-5-16/h1-5,14,26H,6-13,15H2,(H2,21,22,23). The number of piperidine rings is 1. The molecule has 2 fully saturated rings. The maximum atomic E-state index is 11.0. The number of hydrogen-bond acceptors (Lipinski definition) is 7. The van der Waals surface area contributed by atoms with Gasteiger partial charge in [-0.3, -0.25) is 0 Å². The molecule has 7 heteroatoms. The normalized spacial score (nSPS) is 19.9. The molecule has 3 N–H and O–H groups in total. The van der Waals surface area contributed by atoms with Gasteiger partial charge in [0.05, 0.1) is 18.8 Å². The first kappa shape index (κ1) is 18.0. The van der Waals surface area contributed by atoms with E-state index in [9.17, 15) is 5.11 Å². The number of morpholine rings is 1. The molecule has 4 rings (SSSR count). The lowest BCUT2D eigenvalue weighted by atomic mass is 9.85. The molecule has 3 heterocycles. The molecule has 2 saturated heterocycles. The van der Waals surface area contributed by atoms with Gasteiger partial charge in [-0.1, -0.05) is 30.3 Å². The second-order valence-corrected chi connectivity index (χ2v) is 7.42. The van der Waals surface area contributed by atoms with Gasteiger partial charge in [0.2, 0.25) is 5.95 Å². The largest absolute Gasteiger partial charge is 0.389 e. The van der Waals surface area contributed by atoms with Crippen LogP contribution in [-0.4, -0.2) is 60.1 Å². The molecule has 0 radical (unpaired) electrons. The minimum atomic E-state index is -0.663. The van der Waals surface area contributed by atoms with Gasteiger partial charge in [-0.15, -0.1) is 0 Å². The van der Waals surface area contributed by atoms with Crippen molar-refractivity contribution in [2.45, 2.75) is 24.9 Å². The molecule has 0 aliphatic carbocycles. The van der Waals surface area contributed by atoms with E-state index in [2.05, 4.69) is 31.9 Å². The quantitative estimate of drug-likeness (QED) is 0.844. The molecule has 2 aliphatic rings. The average Bonchev–Trinajstić information content (AvgIpc) is 2.69. The Hall–Kier alpha value is -2.38. The van der Waals surface area contributed by atoms with E-state index in [4.69, 9.17) is 10.5 Å². The highest BCUT2D eigenvalue weighted by atomic mass is 16.5. The van der Waals surface area contributed by atoms with Crippen LogP contribution in [0.2, 0.25) is 0 Å². The van der Waals surface area contributed by atoms with Crippen LogP contribution in [0.5, 0.6) is 0 Å². The highest BCUT2D eigenvalue weighted by Gasteiger charge is 2.33. The second-order valence-electron chi connectivity index (χ2n) is 7.42. The van der Waals surface area contributed by atoms with E-state index in [-0.39, 0.29) is 0 Å². The summed E-state index contributed by atoms with van der Waals surface area (Å²) in [7, 11) is 0. The van der Waals surface area contributed by atoms with Gasteiger partial charge in [0.1, 0.15) is 11.6 Å². The molecular formula is C20H27N5O2. The van der Waals surface area contributed by atoms with E-state index >= 15 is 0 Å². The summed E-state index contributed by atoms with van der Waals surface area (Å²) in [6, 6.07) is 12.2. The van der Waals surface area contributed by atoms with Crippen molar-refractivity contribution in [1.82, 2.24) is 9.97 Å². The lowest BCUT2D eigenvalue weighted by Gasteiger charge is -2.39. The van der Waals surface area contributed by atoms with Gasteiger partial charge in [0, 0.05) is 38.7 Å². The number of aromatic nitrogens is 2. The molecule has 144 valence electrons. The van der Waals surface area contributed by atoms with Crippen LogP contribution in [-0.2, 0) is 11.2 Å². The fourth-order valence-electron chi connectivity index (χ4n) is 3.86. The average molecular weight is 369 g/mol. The van der Waals surface area contributed by atoms with E-state index in [1.54, 1.807) is 0 Å². The molecule has 0 bridgehead atoms. The summed E-state index contributed by atoms with van der Waals surface area (Å²) >= 11 is 0. The van der Waals surface area contributed by atoms with Crippen molar-refractivity contribution in [1.29, 1.82) is 0 Å². The molecule has 7 nitrogen and oxygen atoms in total. The van der Waals surface area contributed by atoms with Crippen molar-refractivity contribution in [3.8, 4) is 0 Å². The number of benzene rings is 1. The number of ether oxygens (including phenoxy) is 1. The Bertz CT molecular complexity index is 756. The predicted octanol–water partition coefficient (Wildman–Crippen LogP) is 1.47. The van der Waals surface area contributed by atoms with E-state index in [1.165, 1.54) is 5.56 Å². The van der Waals surface area contributed by atoms with E-state index in [0.29, 0.717) is 38.4 Å². The van der Waals surface area contributed by atoms with Crippen LogP contribution in [0, 0.1) is 0 Å². The van der Waals surface area contributed by atoms with Crippen LogP contribution < -0.4 is 15.5 Å². The van der Waals surface area contributed by atoms with Crippen LogP contribution in [0.3, 0.4) is 0 Å². The van der Waals surface area contributed by atoms with E-state index in [1.807, 2.05) is 24.3 Å². The first-order valence-electron chi connectivity index (χ1n) is 9.60. The Kier molecular flexibility index (Phi) is 5.13. The molecule has 0 saturated carbocycles. The number of aliphatic hydroxyl groups is 1. The van der Waals surface area contributed by atoms with E-state index < -0.39 is 5.60 Å². The fraction of sp³-hybridized carbons (Fsp3) is 0.500. The maximum Gasteiger partial charge on any atom is 0.223 e. The molecule has 1 aromatic heterocycles. The molecule has 0 amide bonds. The summed E-state index contributed by atoms with van der Waals surface area (Å²) in [5.74, 6) is 1.98. The molecule has 1 aromatic carbocycles. The van der Waals surface area contributed by atoms with Crippen LogP contribution in [0.15, 0.2) is 36.4 Å². The number of anilines is 3. The smallest absolute Gasteiger partial charge is 0.223 e. The van der Waals surface area contributed by atoms with Crippen molar-refractivity contribution in [3.63, 3.8) is 0 Å². The monoisotopic (exact) mass is 369 g/mol. The first-order valence-corrected chi connectivity index (χ1v) is 9.60. The Balaban J connectivity index is 1.44. The van der Waals surface area contributed by atoms with Crippen LogP contribution in [0.1, 0.15) is 18.4 Å². The lowest BCUT2D eigenvalue weighted by Crippen LogP contribution is -2.46. The fourth-order valence-corrected chi connectivity index (χ4v) is 3.86. The molecular weight excluding hydrogens is 342 g/mol. The van der Waals surface area contributed by atoms with Crippen LogP contribution in [0.4, 0.5) is 17.6 Å². The summed E-state index contributed by atoms with van der Waals surface area (Å²) < 4.78 is 5.42. The third kappa shape index (κ3) is 4.31. The topological polar surface area (TPSA) is 87.7 Å². The zero-order valence-electron chi connectivity index (χ0n) is 15.5. The summed E-state index contributed by atoms with van der Waals surface area (Å²) in [5.41, 5.74) is 6.48. The Morgan fingerprint density at radius 2 is 1.56 bits per heavy atom. The Labute approximate surface area is 159 Å². The van der Waals surface area contributed by atoms with Crippen LogP contribution >= 0.6 is 0 Å². The third-order valence-electron chi connectivity index (χ3n) is 5.45. The number of nitrogens with zero attached hydrogens (tertiary/aromatic N) is 4. The summed E-state index contributed by atoms with van der Waals surface area (Å²) in [6.07, 6.45) is 2.10. The van der Waals surface area contributed by atoms with E-state index in [0.717, 1.165) is 37.8 Å². The van der Waals surface area contributed by atoms with Crippen molar-refractivity contribution < 1.29 is 9.84 Å². The number of rotatable bonds is 4.